The lowest BCUT2D eigenvalue weighted by molar-refractivity contribution is 0.355. The Balaban J connectivity index is 1.69. The number of anilines is 2. The highest BCUT2D eigenvalue weighted by molar-refractivity contribution is 5.88. The first-order valence-corrected chi connectivity index (χ1v) is 8.13. The summed E-state index contributed by atoms with van der Waals surface area (Å²) in [6, 6.07) is 9.80. The molecule has 4 rings (SSSR count). The molecule has 0 saturated heterocycles. The second-order valence-electron chi connectivity index (χ2n) is 5.90. The molecule has 4 aromatic rings. The van der Waals surface area contributed by atoms with E-state index in [1.54, 1.807) is 14.2 Å². The van der Waals surface area contributed by atoms with Crippen LogP contribution in [0.4, 0.5) is 11.5 Å². The lowest BCUT2D eigenvalue weighted by atomic mass is 10.2. The van der Waals surface area contributed by atoms with Crippen LogP contribution in [0.2, 0.25) is 0 Å². The van der Waals surface area contributed by atoms with Crippen molar-refractivity contribution in [2.45, 2.75) is 0 Å². The molecular weight excluding hydrogens is 330 g/mol. The van der Waals surface area contributed by atoms with Crippen molar-refractivity contribution in [3.05, 3.63) is 48.9 Å². The molecule has 7 nitrogen and oxygen atoms in total. The number of aromatic nitrogens is 4. The minimum atomic E-state index is 0.666. The van der Waals surface area contributed by atoms with Gasteiger partial charge in [0.1, 0.15) is 5.82 Å². The van der Waals surface area contributed by atoms with E-state index in [0.29, 0.717) is 11.5 Å². The molecule has 0 radical (unpaired) electrons. The number of methoxy groups -OCH3 is 2. The number of nitrogens with one attached hydrogen (secondary N) is 2. The number of aryl methyl sites for hydroxylation is 1. The van der Waals surface area contributed by atoms with Crippen LogP contribution < -0.4 is 14.8 Å². The molecule has 0 aliphatic heterocycles. The van der Waals surface area contributed by atoms with Gasteiger partial charge in [0, 0.05) is 48.2 Å². The summed E-state index contributed by atoms with van der Waals surface area (Å²) >= 11 is 0. The number of ether oxygens (including phenoxy) is 2. The van der Waals surface area contributed by atoms with Gasteiger partial charge in [-0.3, -0.25) is 5.10 Å². The van der Waals surface area contributed by atoms with Crippen LogP contribution in [0.3, 0.4) is 0 Å². The highest BCUT2D eigenvalue weighted by atomic mass is 16.5. The number of hydrogen-bond acceptors (Lipinski definition) is 5. The van der Waals surface area contributed by atoms with Gasteiger partial charge in [-0.1, -0.05) is 0 Å². The molecule has 132 valence electrons. The number of rotatable bonds is 5. The topological polar surface area (TPSA) is 77.0 Å². The van der Waals surface area contributed by atoms with Crippen molar-refractivity contribution in [1.82, 2.24) is 19.7 Å². The summed E-state index contributed by atoms with van der Waals surface area (Å²) in [6.07, 6.45) is 5.55. The summed E-state index contributed by atoms with van der Waals surface area (Å²) in [5.41, 5.74) is 4.08. The van der Waals surface area contributed by atoms with Gasteiger partial charge in [0.05, 0.1) is 31.6 Å². The van der Waals surface area contributed by atoms with E-state index >= 15 is 0 Å². The van der Waals surface area contributed by atoms with Gasteiger partial charge in [0.15, 0.2) is 11.5 Å². The van der Waals surface area contributed by atoms with E-state index in [1.165, 1.54) is 0 Å². The van der Waals surface area contributed by atoms with Crippen LogP contribution >= 0.6 is 0 Å². The summed E-state index contributed by atoms with van der Waals surface area (Å²) in [6.45, 7) is 0. The van der Waals surface area contributed by atoms with Gasteiger partial charge in [0.2, 0.25) is 0 Å². The van der Waals surface area contributed by atoms with E-state index in [2.05, 4.69) is 31.1 Å². The van der Waals surface area contributed by atoms with Crippen LogP contribution in [0.5, 0.6) is 11.5 Å². The van der Waals surface area contributed by atoms with E-state index in [4.69, 9.17) is 9.47 Å². The first-order valence-electron chi connectivity index (χ1n) is 8.13. The lowest BCUT2D eigenvalue weighted by Gasteiger charge is -2.11. The van der Waals surface area contributed by atoms with Crippen molar-refractivity contribution < 1.29 is 9.47 Å². The fourth-order valence-corrected chi connectivity index (χ4v) is 3.03. The molecule has 3 aromatic heterocycles. The molecule has 0 fully saturated rings. The van der Waals surface area contributed by atoms with E-state index in [0.717, 1.165) is 33.7 Å². The largest absolute Gasteiger partial charge is 0.493 e. The molecule has 1 aromatic carbocycles. The fourth-order valence-electron chi connectivity index (χ4n) is 3.03. The predicted molar refractivity (Wildman–Crippen MR) is 101 cm³/mol. The molecule has 2 N–H and O–H groups in total. The first kappa shape index (κ1) is 16.0. The van der Waals surface area contributed by atoms with Gasteiger partial charge in [-0.05, 0) is 18.2 Å². The second kappa shape index (κ2) is 6.44. The Kier molecular flexibility index (Phi) is 3.96. The fraction of sp³-hybridized carbons (Fsp3) is 0.158. The van der Waals surface area contributed by atoms with Gasteiger partial charge in [-0.25, -0.2) is 4.98 Å². The normalized spacial score (nSPS) is 10.9. The average molecular weight is 349 g/mol. The summed E-state index contributed by atoms with van der Waals surface area (Å²) < 4.78 is 12.8. The number of pyridine rings is 1. The zero-order chi connectivity index (χ0) is 18.1. The Morgan fingerprint density at radius 1 is 1.04 bits per heavy atom. The highest BCUT2D eigenvalue weighted by Crippen LogP contribution is 2.32. The predicted octanol–water partition coefficient (Wildman–Crippen LogP) is 3.72. The number of H-pyrrole nitrogens is 1. The molecule has 3 heterocycles. The van der Waals surface area contributed by atoms with Crippen molar-refractivity contribution in [3.63, 3.8) is 0 Å². The van der Waals surface area contributed by atoms with Crippen molar-refractivity contribution in [2.24, 2.45) is 7.05 Å². The monoisotopic (exact) mass is 349 g/mol. The minimum Gasteiger partial charge on any atom is -0.493 e. The van der Waals surface area contributed by atoms with Crippen LogP contribution in [-0.4, -0.2) is 34.0 Å². The highest BCUT2D eigenvalue weighted by Gasteiger charge is 2.11. The van der Waals surface area contributed by atoms with Crippen LogP contribution in [0.25, 0.3) is 22.2 Å². The van der Waals surface area contributed by atoms with Crippen molar-refractivity contribution >= 4 is 22.4 Å². The lowest BCUT2D eigenvalue weighted by Crippen LogP contribution is -1.97. The quantitative estimate of drug-likeness (QED) is 0.574. The minimum absolute atomic E-state index is 0.666. The molecule has 0 spiro atoms. The standard InChI is InChI=1S/C19H19N5O2/c1-24-15(13-10-21-22-11-13)6-12-9-20-19(8-16(12)24)23-14-4-5-17(25-2)18(7-14)26-3/h4-11H,1-3H3,(H,20,23)(H,21,22). The molecule has 0 atom stereocenters. The van der Waals surface area contributed by atoms with Crippen LogP contribution in [0.15, 0.2) is 48.9 Å². The molecule has 0 bridgehead atoms. The molecule has 26 heavy (non-hydrogen) atoms. The van der Waals surface area contributed by atoms with Crippen LogP contribution in [0, 0.1) is 0 Å². The maximum Gasteiger partial charge on any atom is 0.162 e. The molecule has 0 aliphatic carbocycles. The molecule has 7 heteroatoms. The van der Waals surface area contributed by atoms with Crippen LogP contribution in [0.1, 0.15) is 0 Å². The molecule has 0 amide bonds. The number of nitrogens with zero attached hydrogens (tertiary/aromatic N) is 3. The molecule has 0 saturated carbocycles. The van der Waals surface area contributed by atoms with E-state index in [-0.39, 0.29) is 0 Å². The number of benzene rings is 1. The molecule has 0 aliphatic rings. The second-order valence-corrected chi connectivity index (χ2v) is 5.90. The Morgan fingerprint density at radius 2 is 1.88 bits per heavy atom. The Morgan fingerprint density at radius 3 is 2.62 bits per heavy atom. The maximum absolute atomic E-state index is 5.35. The van der Waals surface area contributed by atoms with E-state index < -0.39 is 0 Å². The van der Waals surface area contributed by atoms with E-state index in [1.807, 2.05) is 49.9 Å². The van der Waals surface area contributed by atoms with Crippen molar-refractivity contribution in [2.75, 3.05) is 19.5 Å². The van der Waals surface area contributed by atoms with Gasteiger partial charge >= 0.3 is 0 Å². The average Bonchev–Trinajstić information content (AvgIpc) is 3.30. The van der Waals surface area contributed by atoms with E-state index in [9.17, 15) is 0 Å². The van der Waals surface area contributed by atoms with Gasteiger partial charge in [-0.15, -0.1) is 0 Å². The Labute approximate surface area is 150 Å². The van der Waals surface area contributed by atoms with Crippen LogP contribution in [-0.2, 0) is 7.05 Å². The molecular formula is C19H19N5O2. The summed E-state index contributed by atoms with van der Waals surface area (Å²) in [4.78, 5) is 4.52. The molecule has 0 unspecified atom stereocenters. The Hall–Kier alpha value is -3.48. The van der Waals surface area contributed by atoms with Crippen molar-refractivity contribution in [1.29, 1.82) is 0 Å². The third-order valence-electron chi connectivity index (χ3n) is 4.38. The zero-order valence-corrected chi connectivity index (χ0v) is 14.8. The van der Waals surface area contributed by atoms with Crippen molar-refractivity contribution in [3.8, 4) is 22.8 Å². The SMILES string of the molecule is COc1ccc(Nc2cc3c(cn2)cc(-c2cn[nH]c2)n3C)cc1OC. The summed E-state index contributed by atoms with van der Waals surface area (Å²) in [7, 11) is 5.27. The van der Waals surface area contributed by atoms with Gasteiger partial charge in [-0.2, -0.15) is 5.10 Å². The van der Waals surface area contributed by atoms with Gasteiger partial charge in [0.25, 0.3) is 0 Å². The number of aromatic amines is 1. The summed E-state index contributed by atoms with van der Waals surface area (Å²) in [5, 5.41) is 11.3. The summed E-state index contributed by atoms with van der Waals surface area (Å²) in [5.74, 6) is 2.11. The smallest absolute Gasteiger partial charge is 0.162 e. The number of fused-ring (bicyclic) bond motifs is 1. The third kappa shape index (κ3) is 2.73. The zero-order valence-electron chi connectivity index (χ0n) is 14.8. The number of hydrogen-bond donors (Lipinski definition) is 2. The van der Waals surface area contributed by atoms with Gasteiger partial charge < -0.3 is 19.4 Å². The third-order valence-corrected chi connectivity index (χ3v) is 4.38. The maximum atomic E-state index is 5.35. The first-order chi connectivity index (χ1) is 12.7. The Bertz CT molecular complexity index is 1050.